The lowest BCUT2D eigenvalue weighted by Gasteiger charge is -2.35. The van der Waals surface area contributed by atoms with Crippen molar-refractivity contribution in [3.8, 4) is 0 Å². The van der Waals surface area contributed by atoms with Crippen molar-refractivity contribution < 1.29 is 19.5 Å². The van der Waals surface area contributed by atoms with Crippen molar-refractivity contribution in [2.24, 2.45) is 0 Å². The summed E-state index contributed by atoms with van der Waals surface area (Å²) in [6.07, 6.45) is 2.72. The van der Waals surface area contributed by atoms with Crippen LogP contribution in [0.2, 0.25) is 10.0 Å². The zero-order chi connectivity index (χ0) is 40.9. The number of nitrogens with one attached hydrogen (secondary N) is 2. The maximum atomic E-state index is 11.6. The van der Waals surface area contributed by atoms with Crippen molar-refractivity contribution in [1.82, 2.24) is 18.5 Å². The monoisotopic (exact) mass is 1110 g/mol. The fraction of sp³-hybridized carbons (Fsp3) is 0.326. The van der Waals surface area contributed by atoms with E-state index in [4.69, 9.17) is 33.1 Å². The molecule has 4 aliphatic rings. The van der Waals surface area contributed by atoms with Gasteiger partial charge in [-0.15, -0.1) is 50.9 Å². The molecule has 0 atom stereocenters. The number of rotatable bonds is 8. The normalized spacial score (nSPS) is 15.7. The Balaban J connectivity index is 0.000000211. The minimum atomic E-state index is -0.250. The first-order chi connectivity index (χ1) is 28.8. The van der Waals surface area contributed by atoms with Crippen molar-refractivity contribution in [3.05, 3.63) is 105 Å². The molecular weight excluding hydrogens is 1070 g/mol. The molecule has 0 spiro atoms. The Morgan fingerprint density at radius 3 is 1.37 bits per heavy atom. The maximum absolute atomic E-state index is 11.6. The minimum absolute atomic E-state index is 0. The molecule has 62 heavy (non-hydrogen) atoms. The fourth-order valence-corrected chi connectivity index (χ4v) is 10.2. The van der Waals surface area contributed by atoms with Crippen LogP contribution in [0.15, 0.2) is 72.8 Å². The Hall–Kier alpha value is -3.39. The number of aromatic nitrogens is 2. The summed E-state index contributed by atoms with van der Waals surface area (Å²) in [6, 6.07) is 24.9. The van der Waals surface area contributed by atoms with Gasteiger partial charge in [0.25, 0.3) is 6.47 Å². The minimum Gasteiger partial charge on any atom is -0.483 e. The van der Waals surface area contributed by atoms with Gasteiger partial charge in [0.05, 0.1) is 22.2 Å². The average Bonchev–Trinajstić information content (AvgIpc) is 4.04. The summed E-state index contributed by atoms with van der Waals surface area (Å²) in [4.78, 5) is 41.3. The lowest BCUT2D eigenvalue weighted by atomic mass is 10.1. The number of halogens is 5. The first-order valence-electron chi connectivity index (χ1n) is 19.7. The molecule has 2 aromatic heterocycles. The van der Waals surface area contributed by atoms with Gasteiger partial charge < -0.3 is 25.5 Å². The lowest BCUT2D eigenvalue weighted by molar-refractivity contribution is -0.123. The van der Waals surface area contributed by atoms with Crippen molar-refractivity contribution in [1.29, 1.82) is 0 Å². The Morgan fingerprint density at radius 1 is 0.613 bits per heavy atom. The van der Waals surface area contributed by atoms with Crippen LogP contribution >= 0.6 is 97.2 Å². The van der Waals surface area contributed by atoms with E-state index >= 15 is 0 Å². The van der Waals surface area contributed by atoms with Gasteiger partial charge in [0, 0.05) is 97.6 Å². The number of hydrogen-bond donors (Lipinski definition) is 3. The molecule has 3 N–H and O–H groups in total. The summed E-state index contributed by atoms with van der Waals surface area (Å²) in [5.41, 5.74) is 6.11. The smallest absolute Gasteiger partial charge is 0.290 e. The highest BCUT2D eigenvalue weighted by Gasteiger charge is 2.25. The second kappa shape index (κ2) is 23.0. The van der Waals surface area contributed by atoms with Crippen LogP contribution in [0.1, 0.15) is 22.3 Å². The van der Waals surface area contributed by atoms with Crippen molar-refractivity contribution in [2.75, 3.05) is 85.9 Å². The van der Waals surface area contributed by atoms with E-state index in [2.05, 4.69) is 99.6 Å². The molecule has 12 nitrogen and oxygen atoms in total. The molecule has 0 aliphatic carbocycles. The Morgan fingerprint density at radius 2 is 0.984 bits per heavy atom. The molecule has 6 aromatic rings. The third-order valence-electron chi connectivity index (χ3n) is 11.2. The lowest BCUT2D eigenvalue weighted by Crippen LogP contribution is -2.47. The molecule has 2 amide bonds. The molecule has 10 rings (SSSR count). The topological polar surface area (TPSA) is 134 Å². The average molecular weight is 1110 g/mol. The van der Waals surface area contributed by atoms with Crippen LogP contribution in [0, 0.1) is 0 Å². The second-order valence-corrected chi connectivity index (χ2v) is 17.3. The summed E-state index contributed by atoms with van der Waals surface area (Å²) in [5.74, 6) is 2.35. The number of fused-ring (bicyclic) bond motifs is 4. The number of benzene rings is 4. The van der Waals surface area contributed by atoms with Crippen LogP contribution in [-0.4, -0.2) is 107 Å². The highest BCUT2D eigenvalue weighted by molar-refractivity contribution is 8.93. The number of carbonyl (C=O) groups is 3. The molecule has 2 saturated heterocycles. The molecule has 330 valence electrons. The van der Waals surface area contributed by atoms with E-state index in [9.17, 15) is 9.59 Å². The van der Waals surface area contributed by atoms with Gasteiger partial charge in [0.1, 0.15) is 11.6 Å². The van der Waals surface area contributed by atoms with Crippen LogP contribution in [0.5, 0.6) is 0 Å². The third-order valence-corrected chi connectivity index (χ3v) is 13.6. The maximum Gasteiger partial charge on any atom is 0.290 e. The second-order valence-electron chi connectivity index (χ2n) is 14.9. The molecule has 6 heterocycles. The van der Waals surface area contributed by atoms with Crippen molar-refractivity contribution >= 4 is 159 Å². The highest BCUT2D eigenvalue weighted by atomic mass is 79.9. The van der Waals surface area contributed by atoms with Gasteiger partial charge in [-0.05, 0) is 94.6 Å². The molecule has 19 heteroatoms. The number of carboxylic acid groups (broad SMARTS) is 1. The molecule has 0 bridgehead atoms. The number of carbonyl (C=O) groups excluding carboxylic acids is 2. The molecule has 0 saturated carbocycles. The number of nitrogens with zero attached hydrogens (tertiary/aromatic N) is 6. The van der Waals surface area contributed by atoms with E-state index in [1.54, 1.807) is 23.1 Å². The zero-order valence-corrected chi connectivity index (χ0v) is 41.8. The van der Waals surface area contributed by atoms with Crippen LogP contribution in [0.3, 0.4) is 0 Å². The van der Waals surface area contributed by atoms with Crippen LogP contribution in [0.25, 0.3) is 20.2 Å². The van der Waals surface area contributed by atoms with E-state index in [1.807, 2.05) is 12.1 Å². The summed E-state index contributed by atoms with van der Waals surface area (Å²) in [7, 11) is 0. The summed E-state index contributed by atoms with van der Waals surface area (Å²) in [5, 5.41) is 16.6. The Labute approximate surface area is 410 Å². The largest absolute Gasteiger partial charge is 0.483 e. The molecule has 0 unspecified atom stereocenters. The van der Waals surface area contributed by atoms with Crippen LogP contribution < -0.4 is 20.4 Å². The van der Waals surface area contributed by atoms with E-state index < -0.39 is 0 Å². The van der Waals surface area contributed by atoms with Gasteiger partial charge in [-0.3, -0.25) is 24.2 Å². The van der Waals surface area contributed by atoms with Gasteiger partial charge in [0.15, 0.2) is 0 Å². The van der Waals surface area contributed by atoms with E-state index in [-0.39, 0.29) is 69.2 Å². The summed E-state index contributed by atoms with van der Waals surface area (Å²) >= 11 is 16.0. The van der Waals surface area contributed by atoms with E-state index in [0.29, 0.717) is 12.8 Å². The first-order valence-corrected chi connectivity index (χ1v) is 22.0. The fourth-order valence-electron chi connectivity index (χ4n) is 8.11. The summed E-state index contributed by atoms with van der Waals surface area (Å²) in [6.45, 7) is 9.76. The Kier molecular flexibility index (Phi) is 18.4. The Bertz CT molecular complexity index is 2330. The van der Waals surface area contributed by atoms with Gasteiger partial charge in [-0.1, -0.05) is 59.6 Å². The number of amides is 2. The first kappa shape index (κ1) is 49.6. The number of hydrogen-bond acceptors (Lipinski definition) is 11. The SMILES string of the molecule is Br.Br.Br.O=C1Cc2cc(CCN3CCN(c4nsc5ccccc45)CC3)c(Cl)cc2N1.O=C1Cc2cc(CCN3CCN(c4nsc5ccccc45)CC3)c(Cl)cc2N1.O=CO. The van der Waals surface area contributed by atoms with E-state index in [1.165, 1.54) is 20.2 Å². The van der Waals surface area contributed by atoms with Gasteiger partial charge in [0.2, 0.25) is 11.8 Å². The van der Waals surface area contributed by atoms with Crippen molar-refractivity contribution in [3.63, 3.8) is 0 Å². The molecule has 4 aliphatic heterocycles. The summed E-state index contributed by atoms with van der Waals surface area (Å²) < 4.78 is 11.9. The van der Waals surface area contributed by atoms with E-state index in [0.717, 1.165) is 134 Å². The molecule has 2 fully saturated rings. The van der Waals surface area contributed by atoms with Crippen LogP contribution in [0.4, 0.5) is 23.0 Å². The predicted molar refractivity (Wildman–Crippen MR) is 271 cm³/mol. The number of anilines is 4. The van der Waals surface area contributed by atoms with Crippen molar-refractivity contribution in [2.45, 2.75) is 25.7 Å². The molecule has 4 aromatic carbocycles. The van der Waals surface area contributed by atoms with Gasteiger partial charge in [-0.25, -0.2) is 0 Å². The molecular formula is C43H47Br3Cl2N8O4S2. The van der Waals surface area contributed by atoms with Gasteiger partial charge in [-0.2, -0.15) is 8.75 Å². The highest BCUT2D eigenvalue weighted by Crippen LogP contribution is 2.34. The number of piperazine rings is 2. The van der Waals surface area contributed by atoms with Crippen LogP contribution in [-0.2, 0) is 40.1 Å². The van der Waals surface area contributed by atoms with Gasteiger partial charge >= 0.3 is 0 Å². The zero-order valence-electron chi connectivity index (χ0n) is 33.6. The third kappa shape index (κ3) is 11.6. The predicted octanol–water partition coefficient (Wildman–Crippen LogP) is 9.05. The standard InChI is InChI=1S/2C21H21ClN4OS.CH2O2.3BrH/c2*22-17-13-18-15(12-20(27)23-18)11-14(17)5-6-25-7-9-26(10-8-25)21-16-3-1-2-4-19(16)28-24-21;2-1-3;;;/h2*1-4,11,13H,5-10,12H2,(H,23,27);1H,(H,2,3);3*1H. The molecule has 0 radical (unpaired) electrons. The quantitative estimate of drug-likeness (QED) is 0.127.